The number of hydrogen-bond donors (Lipinski definition) is 1. The van der Waals surface area contributed by atoms with E-state index >= 15 is 0 Å². The molecule has 0 amide bonds. The zero-order valence-electron chi connectivity index (χ0n) is 7.15. The average molecular weight is 206 g/mol. The van der Waals surface area contributed by atoms with Crippen LogP contribution in [0.4, 0.5) is 8.78 Å². The third kappa shape index (κ3) is 2.17. The van der Waals surface area contributed by atoms with Gasteiger partial charge >= 0.3 is 0 Å². The van der Waals surface area contributed by atoms with Gasteiger partial charge in [-0.2, -0.15) is 0 Å². The summed E-state index contributed by atoms with van der Waals surface area (Å²) in [7, 11) is 0. The fourth-order valence-corrected chi connectivity index (χ4v) is 1.32. The minimum absolute atomic E-state index is 0.0941. The molecule has 0 aliphatic heterocycles. The SMILES string of the molecule is CC(F)(CN)c1cc(F)ccc1Cl. The second-order valence-electron chi connectivity index (χ2n) is 3.03. The van der Waals surface area contributed by atoms with Gasteiger partial charge in [0.25, 0.3) is 0 Å². The van der Waals surface area contributed by atoms with E-state index in [1.807, 2.05) is 0 Å². The molecule has 1 unspecified atom stereocenters. The van der Waals surface area contributed by atoms with E-state index < -0.39 is 11.5 Å². The van der Waals surface area contributed by atoms with Gasteiger partial charge in [-0.15, -0.1) is 0 Å². The van der Waals surface area contributed by atoms with Crippen LogP contribution < -0.4 is 5.73 Å². The molecule has 72 valence electrons. The fraction of sp³-hybridized carbons (Fsp3) is 0.333. The Morgan fingerprint density at radius 1 is 1.54 bits per heavy atom. The maximum absolute atomic E-state index is 13.6. The third-order valence-electron chi connectivity index (χ3n) is 1.87. The van der Waals surface area contributed by atoms with Crippen LogP contribution in [0, 0.1) is 5.82 Å². The number of halogens is 3. The molecule has 13 heavy (non-hydrogen) atoms. The minimum atomic E-state index is -1.78. The molecule has 4 heteroatoms. The van der Waals surface area contributed by atoms with E-state index in [0.717, 1.165) is 6.07 Å². The van der Waals surface area contributed by atoms with E-state index in [9.17, 15) is 8.78 Å². The van der Waals surface area contributed by atoms with Crippen LogP contribution in [0.1, 0.15) is 12.5 Å². The van der Waals surface area contributed by atoms with Crippen LogP contribution in [0.3, 0.4) is 0 Å². The predicted octanol–water partition coefficient (Wildman–Crippen LogP) is 2.62. The van der Waals surface area contributed by atoms with Gasteiger partial charge in [0.2, 0.25) is 0 Å². The maximum atomic E-state index is 13.6. The van der Waals surface area contributed by atoms with E-state index in [4.69, 9.17) is 17.3 Å². The Labute approximate surface area is 80.5 Å². The Hall–Kier alpha value is -0.670. The predicted molar refractivity (Wildman–Crippen MR) is 48.9 cm³/mol. The van der Waals surface area contributed by atoms with Gasteiger partial charge in [-0.05, 0) is 25.1 Å². The second-order valence-corrected chi connectivity index (χ2v) is 3.43. The number of alkyl halides is 1. The van der Waals surface area contributed by atoms with Crippen molar-refractivity contribution in [2.24, 2.45) is 5.73 Å². The van der Waals surface area contributed by atoms with Gasteiger partial charge < -0.3 is 5.73 Å². The molecule has 1 rings (SSSR count). The fourth-order valence-electron chi connectivity index (χ4n) is 1.01. The summed E-state index contributed by atoms with van der Waals surface area (Å²) in [6, 6.07) is 3.56. The summed E-state index contributed by atoms with van der Waals surface area (Å²) >= 11 is 5.70. The monoisotopic (exact) mass is 205 g/mol. The first-order valence-corrected chi connectivity index (χ1v) is 4.19. The molecule has 0 aliphatic rings. The Bertz CT molecular complexity index is 312. The summed E-state index contributed by atoms with van der Waals surface area (Å²) in [5, 5.41) is 0.192. The molecule has 0 saturated heterocycles. The summed E-state index contributed by atoms with van der Waals surface area (Å²) in [5.41, 5.74) is 3.52. The van der Waals surface area contributed by atoms with Gasteiger partial charge in [0, 0.05) is 17.1 Å². The van der Waals surface area contributed by atoms with Crippen molar-refractivity contribution >= 4 is 11.6 Å². The maximum Gasteiger partial charge on any atom is 0.146 e. The summed E-state index contributed by atoms with van der Waals surface area (Å²) < 4.78 is 26.4. The number of hydrogen-bond acceptors (Lipinski definition) is 1. The minimum Gasteiger partial charge on any atom is -0.327 e. The molecule has 0 saturated carbocycles. The van der Waals surface area contributed by atoms with Gasteiger partial charge in [-0.1, -0.05) is 11.6 Å². The molecule has 2 N–H and O–H groups in total. The Kier molecular flexibility index (Phi) is 2.88. The molecule has 1 nitrogen and oxygen atoms in total. The van der Waals surface area contributed by atoms with Crippen LogP contribution in [0.2, 0.25) is 5.02 Å². The van der Waals surface area contributed by atoms with Crippen molar-refractivity contribution in [2.45, 2.75) is 12.6 Å². The van der Waals surface area contributed by atoms with Gasteiger partial charge in [-0.25, -0.2) is 8.78 Å². The molecule has 0 spiro atoms. The lowest BCUT2D eigenvalue weighted by Gasteiger charge is -2.19. The van der Waals surface area contributed by atoms with Gasteiger partial charge in [0.15, 0.2) is 0 Å². The highest BCUT2D eigenvalue weighted by atomic mass is 35.5. The lowest BCUT2D eigenvalue weighted by atomic mass is 9.98. The Balaban J connectivity index is 3.20. The van der Waals surface area contributed by atoms with Crippen molar-refractivity contribution in [3.8, 4) is 0 Å². The third-order valence-corrected chi connectivity index (χ3v) is 2.20. The van der Waals surface area contributed by atoms with E-state index in [2.05, 4.69) is 0 Å². The number of nitrogens with two attached hydrogens (primary N) is 1. The Morgan fingerprint density at radius 2 is 2.15 bits per heavy atom. The summed E-state index contributed by atoms with van der Waals surface area (Å²) in [4.78, 5) is 0. The molecule has 0 heterocycles. The molecular weight excluding hydrogens is 196 g/mol. The largest absolute Gasteiger partial charge is 0.327 e. The number of rotatable bonds is 2. The van der Waals surface area contributed by atoms with Crippen molar-refractivity contribution in [3.63, 3.8) is 0 Å². The van der Waals surface area contributed by atoms with Crippen LogP contribution in [0.25, 0.3) is 0 Å². The smallest absolute Gasteiger partial charge is 0.146 e. The van der Waals surface area contributed by atoms with E-state index in [-0.39, 0.29) is 17.1 Å². The second kappa shape index (κ2) is 3.60. The molecule has 0 radical (unpaired) electrons. The number of benzene rings is 1. The summed E-state index contributed by atoms with van der Waals surface area (Å²) in [6.07, 6.45) is 0. The lowest BCUT2D eigenvalue weighted by Crippen LogP contribution is -2.27. The zero-order chi connectivity index (χ0) is 10.1. The first kappa shape index (κ1) is 10.4. The quantitative estimate of drug-likeness (QED) is 0.789. The molecule has 0 bridgehead atoms. The van der Waals surface area contributed by atoms with Crippen molar-refractivity contribution in [3.05, 3.63) is 34.6 Å². The standard InChI is InChI=1S/C9H10ClF2N/c1-9(12,5-13)7-4-6(11)2-3-8(7)10/h2-4H,5,13H2,1H3. The highest BCUT2D eigenvalue weighted by Crippen LogP contribution is 2.30. The molecule has 1 aromatic carbocycles. The van der Waals surface area contributed by atoms with Crippen molar-refractivity contribution in [1.29, 1.82) is 0 Å². The van der Waals surface area contributed by atoms with Crippen LogP contribution in [0.5, 0.6) is 0 Å². The summed E-state index contributed by atoms with van der Waals surface area (Å²) in [6.45, 7) is 1.05. The zero-order valence-corrected chi connectivity index (χ0v) is 7.91. The molecule has 1 atom stereocenters. The van der Waals surface area contributed by atoms with Crippen LogP contribution in [0.15, 0.2) is 18.2 Å². The molecule has 1 aromatic rings. The van der Waals surface area contributed by atoms with Crippen LogP contribution in [-0.2, 0) is 5.67 Å². The van der Waals surface area contributed by atoms with E-state index in [1.165, 1.54) is 19.1 Å². The van der Waals surface area contributed by atoms with Crippen molar-refractivity contribution < 1.29 is 8.78 Å². The highest BCUT2D eigenvalue weighted by Gasteiger charge is 2.26. The normalized spacial score (nSPS) is 15.5. The molecule has 0 fully saturated rings. The van der Waals surface area contributed by atoms with Crippen LogP contribution in [-0.4, -0.2) is 6.54 Å². The van der Waals surface area contributed by atoms with Crippen molar-refractivity contribution in [1.82, 2.24) is 0 Å². The van der Waals surface area contributed by atoms with Gasteiger partial charge in [-0.3, -0.25) is 0 Å². The van der Waals surface area contributed by atoms with E-state index in [0.29, 0.717) is 0 Å². The first-order valence-electron chi connectivity index (χ1n) is 3.82. The average Bonchev–Trinajstić information content (AvgIpc) is 2.09. The first-order chi connectivity index (χ1) is 5.97. The summed E-state index contributed by atoms with van der Waals surface area (Å²) in [5.74, 6) is -0.517. The van der Waals surface area contributed by atoms with Gasteiger partial charge in [0.1, 0.15) is 11.5 Å². The van der Waals surface area contributed by atoms with Crippen LogP contribution >= 0.6 is 11.6 Å². The van der Waals surface area contributed by atoms with Crippen molar-refractivity contribution in [2.75, 3.05) is 6.54 Å². The molecular formula is C9H10ClF2N. The topological polar surface area (TPSA) is 26.0 Å². The van der Waals surface area contributed by atoms with E-state index in [1.54, 1.807) is 0 Å². The van der Waals surface area contributed by atoms with Gasteiger partial charge in [0.05, 0.1) is 0 Å². The molecule has 0 aromatic heterocycles. The Morgan fingerprint density at radius 3 is 2.69 bits per heavy atom. The molecule has 0 aliphatic carbocycles. The lowest BCUT2D eigenvalue weighted by molar-refractivity contribution is 0.203. The highest BCUT2D eigenvalue weighted by molar-refractivity contribution is 6.31.